The summed E-state index contributed by atoms with van der Waals surface area (Å²) < 4.78 is 0. The number of Topliss-reactive ketones (excluding diaryl/α,β-unsaturated/α-hetero) is 1. The van der Waals surface area contributed by atoms with Crippen LogP contribution in [0.1, 0.15) is 57.6 Å². The molecule has 1 atom stereocenters. The average Bonchev–Trinajstić information content (AvgIpc) is 2.89. The zero-order chi connectivity index (χ0) is 17.9. The number of carbonyl (C=O) groups is 2. The van der Waals surface area contributed by atoms with Gasteiger partial charge in [0.2, 0.25) is 0 Å². The Bertz CT molecular complexity index is 750. The van der Waals surface area contributed by atoms with Crippen molar-refractivity contribution in [1.29, 1.82) is 0 Å². The zero-order valence-electron chi connectivity index (χ0n) is 13.9. The van der Waals surface area contributed by atoms with Crippen LogP contribution in [0.4, 0.5) is 0 Å². The molecule has 24 heavy (non-hydrogen) atoms. The molecule has 0 saturated carbocycles. The number of amides is 1. The van der Waals surface area contributed by atoms with Crippen molar-refractivity contribution in [2.45, 2.75) is 33.3 Å². The predicted octanol–water partition coefficient (Wildman–Crippen LogP) is 3.20. The first-order valence-corrected chi connectivity index (χ1v) is 8.17. The summed E-state index contributed by atoms with van der Waals surface area (Å²) in [5.74, 6) is -0.406. The first kappa shape index (κ1) is 18.2. The van der Waals surface area contributed by atoms with E-state index in [-0.39, 0.29) is 18.2 Å². The third kappa shape index (κ3) is 3.86. The number of ketones is 1. The molecule has 0 aliphatic carbocycles. The summed E-state index contributed by atoms with van der Waals surface area (Å²) in [7, 11) is 0. The van der Waals surface area contributed by atoms with Crippen LogP contribution in [-0.2, 0) is 6.42 Å². The van der Waals surface area contributed by atoms with Crippen LogP contribution in [0.25, 0.3) is 0 Å². The van der Waals surface area contributed by atoms with Crippen molar-refractivity contribution in [3.63, 3.8) is 0 Å². The number of rotatable bonds is 6. The van der Waals surface area contributed by atoms with E-state index in [1.54, 1.807) is 31.2 Å². The zero-order valence-corrected chi connectivity index (χ0v) is 14.7. The molecule has 0 radical (unpaired) electrons. The van der Waals surface area contributed by atoms with E-state index in [1.165, 1.54) is 6.92 Å². The summed E-state index contributed by atoms with van der Waals surface area (Å²) >= 11 is 5.82. The molecule has 1 heterocycles. The topological polar surface area (TPSA) is 82.2 Å². The van der Waals surface area contributed by atoms with Gasteiger partial charge in [0.05, 0.1) is 6.10 Å². The number of aryl methyl sites for hydroxylation is 1. The van der Waals surface area contributed by atoms with Gasteiger partial charge in [-0.05, 0) is 43.5 Å². The Morgan fingerprint density at radius 3 is 2.46 bits per heavy atom. The van der Waals surface area contributed by atoms with Gasteiger partial charge in [-0.15, -0.1) is 0 Å². The summed E-state index contributed by atoms with van der Waals surface area (Å²) in [6.07, 6.45) is -0.263. The standard InChI is InChI=1S/C18H21ClN2O3/c1-4-14-16(11(3)22)10(2)21-17(14)18(24)20-9-15(23)12-5-7-13(19)8-6-12/h5-8,15,21,23H,4,9H2,1-3H3,(H,20,24). The molecule has 2 rings (SSSR count). The van der Waals surface area contributed by atoms with Gasteiger partial charge >= 0.3 is 0 Å². The van der Waals surface area contributed by atoms with Crippen LogP contribution in [0.15, 0.2) is 24.3 Å². The van der Waals surface area contributed by atoms with Gasteiger partial charge in [-0.1, -0.05) is 30.7 Å². The van der Waals surface area contributed by atoms with Crippen molar-refractivity contribution in [3.8, 4) is 0 Å². The van der Waals surface area contributed by atoms with E-state index in [9.17, 15) is 14.7 Å². The normalized spacial score (nSPS) is 12.0. The van der Waals surface area contributed by atoms with Crippen LogP contribution in [0, 0.1) is 6.92 Å². The van der Waals surface area contributed by atoms with E-state index in [0.29, 0.717) is 39.5 Å². The number of aromatic amines is 1. The van der Waals surface area contributed by atoms with Gasteiger partial charge in [-0.3, -0.25) is 9.59 Å². The molecule has 1 unspecified atom stereocenters. The summed E-state index contributed by atoms with van der Waals surface area (Å²) in [6.45, 7) is 5.22. The fourth-order valence-corrected chi connectivity index (χ4v) is 2.91. The van der Waals surface area contributed by atoms with Gasteiger partial charge in [-0.2, -0.15) is 0 Å². The highest BCUT2D eigenvalue weighted by Gasteiger charge is 2.22. The first-order valence-electron chi connectivity index (χ1n) is 7.79. The first-order chi connectivity index (χ1) is 11.3. The number of aromatic nitrogens is 1. The second kappa shape index (κ2) is 7.64. The summed E-state index contributed by atoms with van der Waals surface area (Å²) in [5, 5.41) is 13.4. The smallest absolute Gasteiger partial charge is 0.268 e. The van der Waals surface area contributed by atoms with Crippen LogP contribution in [0.3, 0.4) is 0 Å². The Labute approximate surface area is 146 Å². The maximum Gasteiger partial charge on any atom is 0.268 e. The number of hydrogen-bond donors (Lipinski definition) is 3. The molecule has 0 spiro atoms. The summed E-state index contributed by atoms with van der Waals surface area (Å²) in [4.78, 5) is 27.2. The number of aliphatic hydroxyl groups excluding tert-OH is 1. The van der Waals surface area contributed by atoms with E-state index < -0.39 is 6.10 Å². The SMILES string of the molecule is CCc1c(C(=O)NCC(O)c2ccc(Cl)cc2)[nH]c(C)c1C(C)=O. The average molecular weight is 349 g/mol. The number of hydrogen-bond acceptors (Lipinski definition) is 3. The summed E-state index contributed by atoms with van der Waals surface area (Å²) in [5.41, 5.74) is 3.01. The van der Waals surface area contributed by atoms with Crippen LogP contribution in [-0.4, -0.2) is 28.3 Å². The number of carbonyl (C=O) groups excluding carboxylic acids is 2. The van der Waals surface area contributed by atoms with Crippen LogP contribution in [0.5, 0.6) is 0 Å². The van der Waals surface area contributed by atoms with E-state index >= 15 is 0 Å². The molecule has 1 aromatic heterocycles. The molecule has 3 N–H and O–H groups in total. The second-order valence-electron chi connectivity index (χ2n) is 5.67. The Morgan fingerprint density at radius 1 is 1.29 bits per heavy atom. The number of halogens is 1. The van der Waals surface area contributed by atoms with Gasteiger partial charge < -0.3 is 15.4 Å². The highest BCUT2D eigenvalue weighted by Crippen LogP contribution is 2.21. The minimum absolute atomic E-state index is 0.0666. The third-order valence-electron chi connectivity index (χ3n) is 3.93. The molecule has 0 fully saturated rings. The number of aliphatic hydroxyl groups is 1. The van der Waals surface area contributed by atoms with E-state index in [1.807, 2.05) is 6.92 Å². The third-order valence-corrected chi connectivity index (χ3v) is 4.19. The fraction of sp³-hybridized carbons (Fsp3) is 0.333. The Morgan fingerprint density at radius 2 is 1.92 bits per heavy atom. The largest absolute Gasteiger partial charge is 0.387 e. The monoisotopic (exact) mass is 348 g/mol. The highest BCUT2D eigenvalue weighted by molar-refractivity contribution is 6.30. The molecule has 6 heteroatoms. The number of H-pyrrole nitrogens is 1. The van der Waals surface area contributed by atoms with Crippen LogP contribution >= 0.6 is 11.6 Å². The van der Waals surface area contributed by atoms with Gasteiger partial charge in [0.15, 0.2) is 5.78 Å². The lowest BCUT2D eigenvalue weighted by molar-refractivity contribution is 0.0911. The van der Waals surface area contributed by atoms with E-state index in [0.717, 1.165) is 0 Å². The lowest BCUT2D eigenvalue weighted by Crippen LogP contribution is -2.29. The van der Waals surface area contributed by atoms with Crippen LogP contribution in [0.2, 0.25) is 5.02 Å². The second-order valence-corrected chi connectivity index (χ2v) is 6.10. The quantitative estimate of drug-likeness (QED) is 0.701. The molecule has 0 bridgehead atoms. The van der Waals surface area contributed by atoms with Crippen LogP contribution < -0.4 is 5.32 Å². The van der Waals surface area contributed by atoms with Gasteiger partial charge in [0.1, 0.15) is 5.69 Å². The van der Waals surface area contributed by atoms with Crippen molar-refractivity contribution in [3.05, 3.63) is 57.4 Å². The maximum absolute atomic E-state index is 12.4. The Balaban J connectivity index is 2.11. The number of benzene rings is 1. The Hall–Kier alpha value is -2.11. The molecular weight excluding hydrogens is 328 g/mol. The predicted molar refractivity (Wildman–Crippen MR) is 93.7 cm³/mol. The van der Waals surface area contributed by atoms with Crippen molar-refractivity contribution in [2.75, 3.05) is 6.54 Å². The lowest BCUT2D eigenvalue weighted by Gasteiger charge is -2.12. The lowest BCUT2D eigenvalue weighted by atomic mass is 10.0. The summed E-state index contributed by atoms with van der Waals surface area (Å²) in [6, 6.07) is 6.79. The molecular formula is C18H21ClN2O3. The van der Waals surface area contributed by atoms with Crippen molar-refractivity contribution in [1.82, 2.24) is 10.3 Å². The fourth-order valence-electron chi connectivity index (χ4n) is 2.78. The van der Waals surface area contributed by atoms with Gasteiger partial charge in [0.25, 0.3) is 5.91 Å². The van der Waals surface area contributed by atoms with Gasteiger partial charge in [-0.25, -0.2) is 0 Å². The van der Waals surface area contributed by atoms with Gasteiger partial charge in [0, 0.05) is 22.8 Å². The van der Waals surface area contributed by atoms with Crippen molar-refractivity contribution in [2.24, 2.45) is 0 Å². The van der Waals surface area contributed by atoms with Crippen molar-refractivity contribution < 1.29 is 14.7 Å². The highest BCUT2D eigenvalue weighted by atomic mass is 35.5. The Kier molecular flexibility index (Phi) is 5.80. The number of nitrogens with one attached hydrogen (secondary N) is 2. The molecule has 0 aliphatic rings. The molecule has 1 amide bonds. The minimum Gasteiger partial charge on any atom is -0.387 e. The molecule has 5 nitrogen and oxygen atoms in total. The van der Waals surface area contributed by atoms with E-state index in [2.05, 4.69) is 10.3 Å². The molecule has 2 aromatic rings. The van der Waals surface area contributed by atoms with Crippen molar-refractivity contribution >= 4 is 23.3 Å². The maximum atomic E-state index is 12.4. The molecule has 0 saturated heterocycles. The molecule has 1 aromatic carbocycles. The molecule has 128 valence electrons. The molecule has 0 aliphatic heterocycles. The minimum atomic E-state index is -0.834. The van der Waals surface area contributed by atoms with E-state index in [4.69, 9.17) is 11.6 Å².